The molecule has 0 N–H and O–H groups in total. The van der Waals surface area contributed by atoms with Crippen LogP contribution < -0.4 is 0 Å². The predicted octanol–water partition coefficient (Wildman–Crippen LogP) is 2.49. The van der Waals surface area contributed by atoms with E-state index in [9.17, 15) is 4.79 Å². The van der Waals surface area contributed by atoms with Gasteiger partial charge in [0.05, 0.1) is 10.7 Å². The van der Waals surface area contributed by atoms with Gasteiger partial charge in [-0.05, 0) is 26.0 Å². The van der Waals surface area contributed by atoms with Gasteiger partial charge < -0.3 is 0 Å². The molecule has 0 amide bonds. The number of hydrogen-bond acceptors (Lipinski definition) is 3. The second kappa shape index (κ2) is 4.67. The summed E-state index contributed by atoms with van der Waals surface area (Å²) in [4.78, 5) is 16.3. The third kappa shape index (κ3) is 2.08. The molecule has 0 atom stereocenters. The summed E-state index contributed by atoms with van der Waals surface area (Å²) in [6.45, 7) is 4.29. The maximum atomic E-state index is 12.3. The molecule has 2 aromatic heterocycles. The van der Waals surface area contributed by atoms with Crippen molar-refractivity contribution in [1.82, 2.24) is 14.8 Å². The van der Waals surface area contributed by atoms with Crippen LogP contribution in [-0.4, -0.2) is 20.5 Å². The zero-order valence-corrected chi connectivity index (χ0v) is 10.4. The first-order valence-electron chi connectivity index (χ1n) is 5.33. The van der Waals surface area contributed by atoms with Crippen LogP contribution in [0.2, 0.25) is 5.02 Å². The van der Waals surface area contributed by atoms with Gasteiger partial charge in [-0.15, -0.1) is 0 Å². The first-order valence-corrected chi connectivity index (χ1v) is 5.71. The Hall–Kier alpha value is -1.68. The summed E-state index contributed by atoms with van der Waals surface area (Å²) in [5.74, 6) is -0.196. The van der Waals surface area contributed by atoms with Gasteiger partial charge in [0.15, 0.2) is 0 Å². The number of aromatic nitrogens is 3. The Labute approximate surface area is 104 Å². The summed E-state index contributed by atoms with van der Waals surface area (Å²) in [5.41, 5.74) is 1.45. The summed E-state index contributed by atoms with van der Waals surface area (Å²) < 4.78 is 1.61. The number of halogens is 1. The minimum atomic E-state index is -0.196. The summed E-state index contributed by atoms with van der Waals surface area (Å²) >= 11 is 6.11. The standard InChI is InChI=1S/C12H12ClN3O/c1-3-16-11(10(13)8(2)15-16)12(17)9-6-4-5-7-14-9/h4-7H,3H2,1-2H3. The van der Waals surface area contributed by atoms with E-state index in [-0.39, 0.29) is 5.78 Å². The first-order chi connectivity index (χ1) is 8.15. The van der Waals surface area contributed by atoms with Crippen molar-refractivity contribution in [3.63, 3.8) is 0 Å². The van der Waals surface area contributed by atoms with E-state index in [1.165, 1.54) is 0 Å². The lowest BCUT2D eigenvalue weighted by Gasteiger charge is -2.03. The smallest absolute Gasteiger partial charge is 0.230 e. The average molecular weight is 250 g/mol. The molecule has 0 saturated carbocycles. The molecule has 5 heteroatoms. The van der Waals surface area contributed by atoms with Crippen molar-refractivity contribution in [2.24, 2.45) is 0 Å². The molecule has 2 aromatic rings. The molecule has 0 spiro atoms. The van der Waals surface area contributed by atoms with Gasteiger partial charge in [-0.1, -0.05) is 17.7 Å². The fourth-order valence-electron chi connectivity index (χ4n) is 1.62. The molecular weight excluding hydrogens is 238 g/mol. The fourth-order valence-corrected chi connectivity index (χ4v) is 1.84. The molecular formula is C12H12ClN3O. The third-order valence-corrected chi connectivity index (χ3v) is 2.92. The minimum Gasteiger partial charge on any atom is -0.285 e. The van der Waals surface area contributed by atoms with Gasteiger partial charge in [0, 0.05) is 12.7 Å². The van der Waals surface area contributed by atoms with Crippen molar-refractivity contribution in [3.8, 4) is 0 Å². The zero-order valence-electron chi connectivity index (χ0n) is 9.64. The second-order valence-electron chi connectivity index (χ2n) is 3.61. The van der Waals surface area contributed by atoms with Gasteiger partial charge in [-0.2, -0.15) is 5.10 Å². The lowest BCUT2D eigenvalue weighted by molar-refractivity contribution is 0.102. The van der Waals surface area contributed by atoms with E-state index in [0.29, 0.717) is 28.6 Å². The van der Waals surface area contributed by atoms with Gasteiger partial charge in [-0.3, -0.25) is 14.5 Å². The first kappa shape index (κ1) is 11.8. The van der Waals surface area contributed by atoms with Gasteiger partial charge >= 0.3 is 0 Å². The van der Waals surface area contributed by atoms with Gasteiger partial charge in [0.1, 0.15) is 11.4 Å². The lowest BCUT2D eigenvalue weighted by atomic mass is 10.2. The minimum absolute atomic E-state index is 0.196. The highest BCUT2D eigenvalue weighted by Gasteiger charge is 2.21. The van der Waals surface area contributed by atoms with E-state index in [0.717, 1.165) is 0 Å². The lowest BCUT2D eigenvalue weighted by Crippen LogP contribution is -2.12. The van der Waals surface area contributed by atoms with Crippen LogP contribution in [0.25, 0.3) is 0 Å². The number of nitrogens with zero attached hydrogens (tertiary/aromatic N) is 3. The van der Waals surface area contributed by atoms with Crippen LogP contribution >= 0.6 is 11.6 Å². The number of hydrogen-bond donors (Lipinski definition) is 0. The molecule has 4 nitrogen and oxygen atoms in total. The van der Waals surface area contributed by atoms with E-state index in [2.05, 4.69) is 10.1 Å². The highest BCUT2D eigenvalue weighted by atomic mass is 35.5. The van der Waals surface area contributed by atoms with Crippen LogP contribution in [0.1, 0.15) is 28.8 Å². The Bertz CT molecular complexity index is 548. The number of aryl methyl sites for hydroxylation is 2. The molecule has 0 aliphatic carbocycles. The molecule has 2 heterocycles. The molecule has 17 heavy (non-hydrogen) atoms. The summed E-state index contributed by atoms with van der Waals surface area (Å²) in [5, 5.41) is 4.62. The molecule has 2 rings (SSSR count). The van der Waals surface area contributed by atoms with Crippen LogP contribution in [0.15, 0.2) is 24.4 Å². The van der Waals surface area contributed by atoms with Gasteiger partial charge in [-0.25, -0.2) is 0 Å². The second-order valence-corrected chi connectivity index (χ2v) is 3.99. The largest absolute Gasteiger partial charge is 0.285 e. The van der Waals surface area contributed by atoms with Crippen molar-refractivity contribution >= 4 is 17.4 Å². The summed E-state index contributed by atoms with van der Waals surface area (Å²) in [6, 6.07) is 5.20. The van der Waals surface area contributed by atoms with Gasteiger partial charge in [0.2, 0.25) is 5.78 Å². The molecule has 0 unspecified atom stereocenters. The maximum Gasteiger partial charge on any atom is 0.230 e. The highest BCUT2D eigenvalue weighted by molar-refractivity contribution is 6.35. The average Bonchev–Trinajstić information content (AvgIpc) is 2.65. The van der Waals surface area contributed by atoms with Crippen molar-refractivity contribution in [1.29, 1.82) is 0 Å². The highest BCUT2D eigenvalue weighted by Crippen LogP contribution is 2.22. The van der Waals surface area contributed by atoms with E-state index in [4.69, 9.17) is 11.6 Å². The van der Waals surface area contributed by atoms with Gasteiger partial charge in [0.25, 0.3) is 0 Å². The Morgan fingerprint density at radius 3 is 2.82 bits per heavy atom. The molecule has 0 aliphatic rings. The van der Waals surface area contributed by atoms with E-state index < -0.39 is 0 Å². The Balaban J connectivity index is 2.51. The Kier molecular flexibility index (Phi) is 3.24. The quantitative estimate of drug-likeness (QED) is 0.786. The topological polar surface area (TPSA) is 47.8 Å². The number of pyridine rings is 1. The number of carbonyl (C=O) groups excluding carboxylic acids is 1. The van der Waals surface area contributed by atoms with Crippen molar-refractivity contribution in [2.45, 2.75) is 20.4 Å². The Morgan fingerprint density at radius 1 is 1.47 bits per heavy atom. The predicted molar refractivity (Wildman–Crippen MR) is 65.3 cm³/mol. The molecule has 0 radical (unpaired) electrons. The van der Waals surface area contributed by atoms with E-state index in [1.807, 2.05) is 6.92 Å². The third-order valence-electron chi connectivity index (χ3n) is 2.47. The van der Waals surface area contributed by atoms with Crippen LogP contribution in [0.4, 0.5) is 0 Å². The molecule has 0 fully saturated rings. The van der Waals surface area contributed by atoms with E-state index >= 15 is 0 Å². The molecule has 0 aromatic carbocycles. The number of carbonyl (C=O) groups is 1. The Morgan fingerprint density at radius 2 is 2.24 bits per heavy atom. The zero-order chi connectivity index (χ0) is 12.4. The molecule has 0 bridgehead atoms. The summed E-state index contributed by atoms with van der Waals surface area (Å²) in [6.07, 6.45) is 1.58. The van der Waals surface area contributed by atoms with Crippen molar-refractivity contribution in [3.05, 3.63) is 46.5 Å². The molecule has 88 valence electrons. The fraction of sp³-hybridized carbons (Fsp3) is 0.250. The van der Waals surface area contributed by atoms with Crippen LogP contribution in [0.3, 0.4) is 0 Å². The SMILES string of the molecule is CCn1nc(C)c(Cl)c1C(=O)c1ccccn1. The van der Waals surface area contributed by atoms with E-state index in [1.54, 1.807) is 36.0 Å². The monoisotopic (exact) mass is 249 g/mol. The van der Waals surface area contributed by atoms with Crippen LogP contribution in [0.5, 0.6) is 0 Å². The molecule has 0 saturated heterocycles. The van der Waals surface area contributed by atoms with Crippen LogP contribution in [0, 0.1) is 6.92 Å². The number of ketones is 1. The number of rotatable bonds is 3. The summed E-state index contributed by atoms with van der Waals surface area (Å²) in [7, 11) is 0. The molecule has 0 aliphatic heterocycles. The normalized spacial score (nSPS) is 10.5. The van der Waals surface area contributed by atoms with Crippen molar-refractivity contribution in [2.75, 3.05) is 0 Å². The van der Waals surface area contributed by atoms with Crippen LogP contribution in [-0.2, 0) is 6.54 Å². The maximum absolute atomic E-state index is 12.3. The van der Waals surface area contributed by atoms with Crippen molar-refractivity contribution < 1.29 is 4.79 Å².